The molecule has 0 atom stereocenters. The molecule has 3 aromatic rings. The van der Waals surface area contributed by atoms with E-state index in [-0.39, 0.29) is 11.3 Å². The number of carbonyl (C=O) groups excluding carboxylic acids is 2. The molecule has 0 aromatic heterocycles. The van der Waals surface area contributed by atoms with E-state index in [4.69, 9.17) is 0 Å². The van der Waals surface area contributed by atoms with Crippen LogP contribution in [0.3, 0.4) is 0 Å². The summed E-state index contributed by atoms with van der Waals surface area (Å²) >= 11 is 0. The summed E-state index contributed by atoms with van der Waals surface area (Å²) in [7, 11) is 0. The minimum Gasteiger partial charge on any atom is -0.372 e. The summed E-state index contributed by atoms with van der Waals surface area (Å²) in [6.07, 6.45) is 2.33. The summed E-state index contributed by atoms with van der Waals surface area (Å²) in [6, 6.07) is 17.4. The van der Waals surface area contributed by atoms with Gasteiger partial charge >= 0.3 is 0 Å². The number of amides is 2. The molecule has 5 nitrogen and oxygen atoms in total. The van der Waals surface area contributed by atoms with Crippen molar-refractivity contribution in [3.8, 4) is 0 Å². The lowest BCUT2D eigenvalue weighted by Gasteiger charge is -2.18. The van der Waals surface area contributed by atoms with Crippen molar-refractivity contribution in [2.75, 3.05) is 28.2 Å². The summed E-state index contributed by atoms with van der Waals surface area (Å²) in [5.74, 6) is -3.06. The van der Waals surface area contributed by atoms with Gasteiger partial charge in [0, 0.05) is 30.5 Å². The summed E-state index contributed by atoms with van der Waals surface area (Å²) < 4.78 is 28.4. The van der Waals surface area contributed by atoms with Crippen LogP contribution in [0.1, 0.15) is 24.0 Å². The number of benzene rings is 3. The smallest absolute Gasteiger partial charge is 0.282 e. The van der Waals surface area contributed by atoms with Crippen molar-refractivity contribution >= 4 is 34.4 Å². The van der Waals surface area contributed by atoms with Gasteiger partial charge in [0.15, 0.2) is 0 Å². The molecular formula is C27H23F2N3O2. The van der Waals surface area contributed by atoms with Crippen LogP contribution in [-0.4, -0.2) is 24.9 Å². The van der Waals surface area contributed by atoms with E-state index in [1.165, 1.54) is 0 Å². The molecule has 34 heavy (non-hydrogen) atoms. The number of carbonyl (C=O) groups is 2. The molecule has 0 radical (unpaired) electrons. The number of halogens is 2. The van der Waals surface area contributed by atoms with Crippen LogP contribution < -0.4 is 15.1 Å². The third-order valence-corrected chi connectivity index (χ3v) is 6.18. The SMILES string of the molecule is Cc1ccc(C2=C(Nc3ccc(N4CCCC4)cc3)C(=O)N(c3cc(F)ccc3F)C2=O)cc1. The number of hydrogen-bond acceptors (Lipinski definition) is 4. The minimum absolute atomic E-state index is 0.0198. The van der Waals surface area contributed by atoms with Gasteiger partial charge in [-0.1, -0.05) is 29.8 Å². The van der Waals surface area contributed by atoms with E-state index in [0.717, 1.165) is 55.4 Å². The highest BCUT2D eigenvalue weighted by molar-refractivity contribution is 6.46. The summed E-state index contributed by atoms with van der Waals surface area (Å²) in [6.45, 7) is 3.93. The Bertz CT molecular complexity index is 1290. The first-order valence-electron chi connectivity index (χ1n) is 11.2. The molecular weight excluding hydrogens is 436 g/mol. The lowest BCUT2D eigenvalue weighted by Crippen LogP contribution is -2.33. The number of aryl methyl sites for hydroxylation is 1. The first-order chi connectivity index (χ1) is 16.4. The zero-order chi connectivity index (χ0) is 23.8. The van der Waals surface area contributed by atoms with Crippen LogP contribution in [0.25, 0.3) is 5.57 Å². The Hall–Kier alpha value is -4.00. The highest BCUT2D eigenvalue weighted by atomic mass is 19.1. The van der Waals surface area contributed by atoms with Crippen molar-refractivity contribution < 1.29 is 18.4 Å². The summed E-state index contributed by atoms with van der Waals surface area (Å²) in [4.78, 5) is 29.8. The maximum Gasteiger partial charge on any atom is 0.282 e. The van der Waals surface area contributed by atoms with E-state index in [2.05, 4.69) is 10.2 Å². The largest absolute Gasteiger partial charge is 0.372 e. The summed E-state index contributed by atoms with van der Waals surface area (Å²) in [5, 5.41) is 3.07. The molecule has 2 aliphatic rings. The fourth-order valence-electron chi connectivity index (χ4n) is 4.38. The van der Waals surface area contributed by atoms with E-state index in [0.29, 0.717) is 16.2 Å². The molecule has 0 unspecified atom stereocenters. The highest BCUT2D eigenvalue weighted by Gasteiger charge is 2.41. The van der Waals surface area contributed by atoms with Gasteiger partial charge < -0.3 is 10.2 Å². The van der Waals surface area contributed by atoms with Crippen molar-refractivity contribution in [3.63, 3.8) is 0 Å². The average Bonchev–Trinajstić information content (AvgIpc) is 3.45. The summed E-state index contributed by atoms with van der Waals surface area (Å²) in [5.41, 5.74) is 2.92. The van der Waals surface area contributed by atoms with Crippen molar-refractivity contribution in [3.05, 3.63) is 95.2 Å². The third kappa shape index (κ3) is 3.94. The van der Waals surface area contributed by atoms with E-state index in [9.17, 15) is 18.4 Å². The molecule has 1 N–H and O–H groups in total. The first-order valence-corrected chi connectivity index (χ1v) is 11.2. The normalized spacial score (nSPS) is 16.1. The van der Waals surface area contributed by atoms with Gasteiger partial charge in [-0.3, -0.25) is 9.59 Å². The minimum atomic E-state index is -0.859. The topological polar surface area (TPSA) is 52.7 Å². The molecule has 7 heteroatoms. The van der Waals surface area contributed by atoms with Gasteiger partial charge in [0.1, 0.15) is 17.3 Å². The quantitative estimate of drug-likeness (QED) is 0.528. The predicted octanol–water partition coefficient (Wildman–Crippen LogP) is 5.27. The second-order valence-corrected chi connectivity index (χ2v) is 8.52. The van der Waals surface area contributed by atoms with Crippen LogP contribution in [0.15, 0.2) is 72.4 Å². The first kappa shape index (κ1) is 21.8. The molecule has 0 aliphatic carbocycles. The van der Waals surface area contributed by atoms with Gasteiger partial charge in [0.05, 0.1) is 11.3 Å². The Morgan fingerprint density at radius 2 is 1.50 bits per heavy atom. The van der Waals surface area contributed by atoms with Crippen LogP contribution in [0, 0.1) is 18.6 Å². The van der Waals surface area contributed by atoms with Gasteiger partial charge in [-0.25, -0.2) is 13.7 Å². The van der Waals surface area contributed by atoms with E-state index in [1.807, 2.05) is 43.3 Å². The molecule has 1 fully saturated rings. The molecule has 0 spiro atoms. The van der Waals surface area contributed by atoms with Crippen molar-refractivity contribution in [1.82, 2.24) is 0 Å². The fourth-order valence-corrected chi connectivity index (χ4v) is 4.38. The number of rotatable bonds is 5. The van der Waals surface area contributed by atoms with Gasteiger partial charge in [0.2, 0.25) is 0 Å². The molecule has 1 saturated heterocycles. The molecule has 5 rings (SSSR count). The van der Waals surface area contributed by atoms with Crippen LogP contribution in [0.2, 0.25) is 0 Å². The Kier molecular flexibility index (Phi) is 5.61. The monoisotopic (exact) mass is 459 g/mol. The van der Waals surface area contributed by atoms with Crippen molar-refractivity contribution in [2.24, 2.45) is 0 Å². The molecule has 3 aromatic carbocycles. The number of anilines is 3. The molecule has 0 bridgehead atoms. The maximum atomic E-state index is 14.5. The molecule has 2 aliphatic heterocycles. The van der Waals surface area contributed by atoms with Crippen LogP contribution >= 0.6 is 0 Å². The third-order valence-electron chi connectivity index (χ3n) is 6.18. The van der Waals surface area contributed by atoms with Crippen LogP contribution in [0.4, 0.5) is 25.8 Å². The Morgan fingerprint density at radius 1 is 0.824 bits per heavy atom. The average molecular weight is 459 g/mol. The Labute approximate surface area is 196 Å². The maximum absolute atomic E-state index is 14.5. The zero-order valence-electron chi connectivity index (χ0n) is 18.6. The van der Waals surface area contributed by atoms with Crippen LogP contribution in [-0.2, 0) is 9.59 Å². The van der Waals surface area contributed by atoms with Crippen molar-refractivity contribution in [1.29, 1.82) is 0 Å². The lowest BCUT2D eigenvalue weighted by atomic mass is 10.0. The Balaban J connectivity index is 1.54. The number of nitrogens with zero attached hydrogens (tertiary/aromatic N) is 2. The van der Waals surface area contributed by atoms with Gasteiger partial charge in [-0.05, 0) is 61.7 Å². The number of nitrogens with one attached hydrogen (secondary N) is 1. The highest BCUT2D eigenvalue weighted by Crippen LogP contribution is 2.35. The second kappa shape index (κ2) is 8.74. The molecule has 172 valence electrons. The Morgan fingerprint density at radius 3 is 2.18 bits per heavy atom. The zero-order valence-corrected chi connectivity index (χ0v) is 18.6. The van der Waals surface area contributed by atoms with Crippen molar-refractivity contribution in [2.45, 2.75) is 19.8 Å². The lowest BCUT2D eigenvalue weighted by molar-refractivity contribution is -0.120. The van der Waals surface area contributed by atoms with Gasteiger partial charge in [-0.15, -0.1) is 0 Å². The van der Waals surface area contributed by atoms with Gasteiger partial charge in [-0.2, -0.15) is 0 Å². The second-order valence-electron chi connectivity index (χ2n) is 8.52. The van der Waals surface area contributed by atoms with Crippen LogP contribution in [0.5, 0.6) is 0 Å². The van der Waals surface area contributed by atoms with E-state index >= 15 is 0 Å². The fraction of sp³-hybridized carbons (Fsp3) is 0.185. The molecule has 0 saturated carbocycles. The molecule has 2 heterocycles. The van der Waals surface area contributed by atoms with E-state index in [1.54, 1.807) is 12.1 Å². The van der Waals surface area contributed by atoms with E-state index < -0.39 is 29.1 Å². The molecule has 2 amide bonds. The number of hydrogen-bond donors (Lipinski definition) is 1. The number of imide groups is 1. The van der Waals surface area contributed by atoms with Gasteiger partial charge in [0.25, 0.3) is 11.8 Å². The standard InChI is InChI=1S/C27H23F2N3O2/c1-17-4-6-18(7-5-17)24-25(30-20-9-11-21(12-10-20)31-14-2-3-15-31)27(34)32(26(24)33)23-16-19(28)8-13-22(23)29/h4-13,16,30H,2-3,14-15H2,1H3. The predicted molar refractivity (Wildman–Crippen MR) is 128 cm³/mol.